The van der Waals surface area contributed by atoms with Crippen LogP contribution in [0.15, 0.2) is 28.7 Å². The van der Waals surface area contributed by atoms with E-state index < -0.39 is 0 Å². The van der Waals surface area contributed by atoms with Crippen molar-refractivity contribution in [1.29, 1.82) is 0 Å². The summed E-state index contributed by atoms with van der Waals surface area (Å²) in [5, 5.41) is 10.1. The summed E-state index contributed by atoms with van der Waals surface area (Å²) in [4.78, 5) is 0. The molecule has 1 aromatic rings. The Morgan fingerprint density at radius 1 is 1.19 bits per heavy atom. The Labute approximate surface area is 106 Å². The molecule has 0 spiro atoms. The lowest BCUT2D eigenvalue weighted by Crippen LogP contribution is -2.18. The summed E-state index contributed by atoms with van der Waals surface area (Å²) in [5.41, 5.74) is 1.32. The van der Waals surface area contributed by atoms with Gasteiger partial charge in [0, 0.05) is 4.47 Å². The molecule has 2 heteroatoms. The van der Waals surface area contributed by atoms with Crippen LogP contribution in [0.1, 0.15) is 37.7 Å². The molecule has 1 unspecified atom stereocenters. The number of aliphatic hydroxyl groups is 1. The lowest BCUT2D eigenvalue weighted by molar-refractivity contribution is 0.102. The molecule has 1 aliphatic carbocycles. The SMILES string of the molecule is OC(CCc1ccc(Br)cc1)C1CCCC1. The summed E-state index contributed by atoms with van der Waals surface area (Å²) in [7, 11) is 0. The molecular formula is C14H19BrO. The van der Waals surface area contributed by atoms with E-state index in [-0.39, 0.29) is 6.10 Å². The molecule has 0 aromatic heterocycles. The summed E-state index contributed by atoms with van der Waals surface area (Å²) < 4.78 is 1.12. The number of hydrogen-bond donors (Lipinski definition) is 1. The largest absolute Gasteiger partial charge is 0.393 e. The Hall–Kier alpha value is -0.340. The van der Waals surface area contributed by atoms with Crippen molar-refractivity contribution in [3.8, 4) is 0 Å². The summed E-state index contributed by atoms with van der Waals surface area (Å²) >= 11 is 3.43. The fraction of sp³-hybridized carbons (Fsp3) is 0.571. The Kier molecular flexibility index (Phi) is 4.42. The summed E-state index contributed by atoms with van der Waals surface area (Å²) in [6, 6.07) is 8.39. The Morgan fingerprint density at radius 2 is 1.81 bits per heavy atom. The highest BCUT2D eigenvalue weighted by molar-refractivity contribution is 9.10. The van der Waals surface area contributed by atoms with Crippen molar-refractivity contribution in [3.63, 3.8) is 0 Å². The van der Waals surface area contributed by atoms with Gasteiger partial charge in [0.2, 0.25) is 0 Å². The molecular weight excluding hydrogens is 264 g/mol. The van der Waals surface area contributed by atoms with E-state index >= 15 is 0 Å². The highest BCUT2D eigenvalue weighted by Crippen LogP contribution is 2.29. The lowest BCUT2D eigenvalue weighted by atomic mass is 9.95. The van der Waals surface area contributed by atoms with Crippen molar-refractivity contribution in [1.82, 2.24) is 0 Å². The molecule has 0 amide bonds. The maximum atomic E-state index is 10.1. The van der Waals surface area contributed by atoms with Crippen molar-refractivity contribution in [2.75, 3.05) is 0 Å². The van der Waals surface area contributed by atoms with Crippen LogP contribution in [0.4, 0.5) is 0 Å². The minimum absolute atomic E-state index is 0.0915. The zero-order valence-electron chi connectivity index (χ0n) is 9.53. The number of aryl methyl sites for hydroxylation is 1. The molecule has 0 aliphatic heterocycles. The van der Waals surface area contributed by atoms with Gasteiger partial charge in [-0.1, -0.05) is 40.9 Å². The van der Waals surface area contributed by atoms with Crippen molar-refractivity contribution < 1.29 is 5.11 Å². The second-order valence-corrected chi connectivity index (χ2v) is 5.69. The van der Waals surface area contributed by atoms with Gasteiger partial charge < -0.3 is 5.11 Å². The molecule has 1 fully saturated rings. The summed E-state index contributed by atoms with van der Waals surface area (Å²) in [6.07, 6.45) is 6.87. The Bertz CT molecular complexity index is 314. The van der Waals surface area contributed by atoms with Gasteiger partial charge in [-0.15, -0.1) is 0 Å². The number of rotatable bonds is 4. The van der Waals surface area contributed by atoms with Crippen molar-refractivity contribution in [2.24, 2.45) is 5.92 Å². The standard InChI is InChI=1S/C14H19BrO/c15-13-8-5-11(6-9-13)7-10-14(16)12-3-1-2-4-12/h5-6,8-9,12,14,16H,1-4,7,10H2. The molecule has 16 heavy (non-hydrogen) atoms. The van der Waals surface area contributed by atoms with Gasteiger partial charge in [-0.3, -0.25) is 0 Å². The van der Waals surface area contributed by atoms with E-state index in [2.05, 4.69) is 40.2 Å². The van der Waals surface area contributed by atoms with E-state index in [0.29, 0.717) is 5.92 Å². The molecule has 0 heterocycles. The van der Waals surface area contributed by atoms with Crippen molar-refractivity contribution in [2.45, 2.75) is 44.6 Å². The Balaban J connectivity index is 1.80. The van der Waals surface area contributed by atoms with Crippen LogP contribution in [0.2, 0.25) is 0 Å². The number of aliphatic hydroxyl groups excluding tert-OH is 1. The van der Waals surface area contributed by atoms with Crippen LogP contribution in [-0.4, -0.2) is 11.2 Å². The van der Waals surface area contributed by atoms with Crippen molar-refractivity contribution in [3.05, 3.63) is 34.3 Å². The van der Waals surface area contributed by atoms with Crippen LogP contribution in [0.3, 0.4) is 0 Å². The van der Waals surface area contributed by atoms with E-state index in [9.17, 15) is 5.11 Å². The third-order valence-electron chi connectivity index (χ3n) is 3.59. The second-order valence-electron chi connectivity index (χ2n) is 4.78. The zero-order valence-corrected chi connectivity index (χ0v) is 11.1. The van der Waals surface area contributed by atoms with Gasteiger partial charge in [0.05, 0.1) is 6.10 Å². The molecule has 0 radical (unpaired) electrons. The number of halogens is 1. The van der Waals surface area contributed by atoms with E-state index in [1.54, 1.807) is 0 Å². The van der Waals surface area contributed by atoms with Gasteiger partial charge in [-0.2, -0.15) is 0 Å². The third kappa shape index (κ3) is 3.33. The fourth-order valence-corrected chi connectivity index (χ4v) is 2.81. The average Bonchev–Trinajstić information content (AvgIpc) is 2.81. The van der Waals surface area contributed by atoms with Crippen LogP contribution < -0.4 is 0 Å². The molecule has 0 bridgehead atoms. The molecule has 88 valence electrons. The van der Waals surface area contributed by atoms with E-state index in [0.717, 1.165) is 17.3 Å². The monoisotopic (exact) mass is 282 g/mol. The van der Waals surface area contributed by atoms with Crippen LogP contribution in [0.5, 0.6) is 0 Å². The normalized spacial score (nSPS) is 18.9. The quantitative estimate of drug-likeness (QED) is 0.887. The Morgan fingerprint density at radius 3 is 2.44 bits per heavy atom. The zero-order chi connectivity index (χ0) is 11.4. The average molecular weight is 283 g/mol. The lowest BCUT2D eigenvalue weighted by Gasteiger charge is -2.17. The first-order chi connectivity index (χ1) is 7.75. The molecule has 1 aliphatic rings. The predicted molar refractivity (Wildman–Crippen MR) is 70.4 cm³/mol. The van der Waals surface area contributed by atoms with Gasteiger partial charge in [-0.05, 0) is 49.3 Å². The molecule has 1 atom stereocenters. The van der Waals surface area contributed by atoms with Crippen LogP contribution >= 0.6 is 15.9 Å². The molecule has 0 saturated heterocycles. The first-order valence-corrected chi connectivity index (χ1v) is 6.97. The van der Waals surface area contributed by atoms with E-state index in [4.69, 9.17) is 0 Å². The van der Waals surface area contributed by atoms with Gasteiger partial charge >= 0.3 is 0 Å². The molecule has 1 aromatic carbocycles. The molecule has 1 N–H and O–H groups in total. The number of benzene rings is 1. The maximum Gasteiger partial charge on any atom is 0.0571 e. The topological polar surface area (TPSA) is 20.2 Å². The minimum Gasteiger partial charge on any atom is -0.393 e. The molecule has 1 nitrogen and oxygen atoms in total. The molecule has 1 saturated carbocycles. The van der Waals surface area contributed by atoms with E-state index in [1.807, 2.05) is 0 Å². The van der Waals surface area contributed by atoms with Crippen LogP contribution in [0.25, 0.3) is 0 Å². The summed E-state index contributed by atoms with van der Waals surface area (Å²) in [6.45, 7) is 0. The maximum absolute atomic E-state index is 10.1. The highest BCUT2D eigenvalue weighted by Gasteiger charge is 2.22. The number of hydrogen-bond acceptors (Lipinski definition) is 1. The first-order valence-electron chi connectivity index (χ1n) is 6.18. The van der Waals surface area contributed by atoms with Crippen LogP contribution in [0, 0.1) is 5.92 Å². The summed E-state index contributed by atoms with van der Waals surface area (Å²) in [5.74, 6) is 0.565. The minimum atomic E-state index is -0.0915. The van der Waals surface area contributed by atoms with Gasteiger partial charge in [0.1, 0.15) is 0 Å². The fourth-order valence-electron chi connectivity index (χ4n) is 2.54. The van der Waals surface area contributed by atoms with Crippen LogP contribution in [-0.2, 0) is 6.42 Å². The molecule has 2 rings (SSSR count). The first kappa shape index (κ1) is 12.1. The predicted octanol–water partition coefficient (Wildman–Crippen LogP) is 3.93. The van der Waals surface area contributed by atoms with Gasteiger partial charge in [-0.25, -0.2) is 0 Å². The third-order valence-corrected chi connectivity index (χ3v) is 4.11. The highest BCUT2D eigenvalue weighted by atomic mass is 79.9. The second kappa shape index (κ2) is 5.83. The van der Waals surface area contributed by atoms with Crippen molar-refractivity contribution >= 4 is 15.9 Å². The van der Waals surface area contributed by atoms with E-state index in [1.165, 1.54) is 31.2 Å². The van der Waals surface area contributed by atoms with Gasteiger partial charge in [0.15, 0.2) is 0 Å². The smallest absolute Gasteiger partial charge is 0.0571 e. The van der Waals surface area contributed by atoms with Gasteiger partial charge in [0.25, 0.3) is 0 Å².